The summed E-state index contributed by atoms with van der Waals surface area (Å²) in [6.07, 6.45) is 3.23. The molecule has 0 radical (unpaired) electrons. The summed E-state index contributed by atoms with van der Waals surface area (Å²) in [5, 5.41) is 0. The fourth-order valence-corrected chi connectivity index (χ4v) is 3.18. The van der Waals surface area contributed by atoms with E-state index in [2.05, 4.69) is 14.9 Å². The largest absolute Gasteiger partial charge is 0.378 e. The lowest BCUT2D eigenvalue weighted by molar-refractivity contribution is 0.0979. The van der Waals surface area contributed by atoms with E-state index in [1.807, 2.05) is 60.7 Å². The molecule has 142 valence electrons. The highest BCUT2D eigenvalue weighted by Gasteiger charge is 2.21. The summed E-state index contributed by atoms with van der Waals surface area (Å²) < 4.78 is 5.37. The van der Waals surface area contributed by atoms with Crippen LogP contribution in [0.4, 0.5) is 11.5 Å². The van der Waals surface area contributed by atoms with Crippen molar-refractivity contribution in [3.05, 3.63) is 84.3 Å². The third kappa shape index (κ3) is 4.18. The summed E-state index contributed by atoms with van der Waals surface area (Å²) in [7, 11) is 0. The number of rotatable bonds is 5. The van der Waals surface area contributed by atoms with Gasteiger partial charge in [0.15, 0.2) is 0 Å². The summed E-state index contributed by atoms with van der Waals surface area (Å²) in [4.78, 5) is 25.9. The van der Waals surface area contributed by atoms with Crippen molar-refractivity contribution in [2.75, 3.05) is 36.1 Å². The Hall–Kier alpha value is -3.25. The van der Waals surface area contributed by atoms with E-state index >= 15 is 0 Å². The van der Waals surface area contributed by atoms with Crippen LogP contribution in [-0.4, -0.2) is 42.2 Å². The molecule has 0 unspecified atom stereocenters. The third-order valence-electron chi connectivity index (χ3n) is 4.69. The van der Waals surface area contributed by atoms with E-state index in [0.717, 1.165) is 30.2 Å². The zero-order valence-electron chi connectivity index (χ0n) is 15.6. The van der Waals surface area contributed by atoms with Gasteiger partial charge in [0.2, 0.25) is 0 Å². The van der Waals surface area contributed by atoms with E-state index in [-0.39, 0.29) is 5.91 Å². The zero-order valence-corrected chi connectivity index (χ0v) is 15.6. The summed E-state index contributed by atoms with van der Waals surface area (Å²) in [6, 6.07) is 19.6. The van der Waals surface area contributed by atoms with Crippen molar-refractivity contribution in [1.82, 2.24) is 9.97 Å². The molecule has 2 heterocycles. The van der Waals surface area contributed by atoms with Crippen LogP contribution in [-0.2, 0) is 11.3 Å². The highest BCUT2D eigenvalue weighted by molar-refractivity contribution is 6.04. The van der Waals surface area contributed by atoms with Gasteiger partial charge in [0, 0.05) is 18.8 Å². The van der Waals surface area contributed by atoms with Crippen molar-refractivity contribution in [3.63, 3.8) is 0 Å². The summed E-state index contributed by atoms with van der Waals surface area (Å²) in [5.41, 5.74) is 2.21. The van der Waals surface area contributed by atoms with Gasteiger partial charge in [-0.05, 0) is 17.7 Å². The van der Waals surface area contributed by atoms with Crippen LogP contribution in [0.3, 0.4) is 0 Å². The van der Waals surface area contributed by atoms with Crippen molar-refractivity contribution < 1.29 is 9.53 Å². The molecule has 0 aliphatic carbocycles. The highest BCUT2D eigenvalue weighted by Crippen LogP contribution is 2.20. The first kappa shape index (κ1) is 18.1. The van der Waals surface area contributed by atoms with E-state index < -0.39 is 0 Å². The lowest BCUT2D eigenvalue weighted by Crippen LogP contribution is -2.37. The second-order valence-corrected chi connectivity index (χ2v) is 6.57. The zero-order chi connectivity index (χ0) is 19.2. The number of benzene rings is 2. The van der Waals surface area contributed by atoms with Gasteiger partial charge in [0.1, 0.15) is 11.5 Å². The molecule has 1 saturated heterocycles. The molecule has 0 atom stereocenters. The van der Waals surface area contributed by atoms with Gasteiger partial charge in [-0.1, -0.05) is 48.5 Å². The quantitative estimate of drug-likeness (QED) is 0.687. The number of carbonyl (C=O) groups is 1. The fraction of sp³-hybridized carbons (Fsp3) is 0.227. The number of anilines is 2. The van der Waals surface area contributed by atoms with Crippen LogP contribution in [0, 0.1) is 0 Å². The summed E-state index contributed by atoms with van der Waals surface area (Å²) in [5.74, 6) is 0.602. The second-order valence-electron chi connectivity index (χ2n) is 6.57. The Morgan fingerprint density at radius 1 is 0.929 bits per heavy atom. The molecule has 6 heteroatoms. The van der Waals surface area contributed by atoms with Gasteiger partial charge in [-0.15, -0.1) is 0 Å². The van der Waals surface area contributed by atoms with E-state index in [4.69, 9.17) is 4.74 Å². The van der Waals surface area contributed by atoms with Crippen LogP contribution < -0.4 is 9.80 Å². The maximum absolute atomic E-state index is 13.2. The van der Waals surface area contributed by atoms with Crippen molar-refractivity contribution in [1.29, 1.82) is 0 Å². The minimum absolute atomic E-state index is 0.170. The van der Waals surface area contributed by atoms with E-state index in [1.54, 1.807) is 17.3 Å². The van der Waals surface area contributed by atoms with Gasteiger partial charge in [-0.25, -0.2) is 9.97 Å². The Balaban J connectivity index is 1.58. The minimum atomic E-state index is -0.170. The van der Waals surface area contributed by atoms with E-state index in [0.29, 0.717) is 25.5 Å². The summed E-state index contributed by atoms with van der Waals surface area (Å²) >= 11 is 0. The molecule has 1 fully saturated rings. The Labute approximate surface area is 164 Å². The Morgan fingerprint density at radius 3 is 2.25 bits per heavy atom. The maximum atomic E-state index is 13.2. The van der Waals surface area contributed by atoms with Crippen LogP contribution in [0.5, 0.6) is 0 Å². The smallest absolute Gasteiger partial charge is 0.278 e. The number of morpholine rings is 1. The second kappa shape index (κ2) is 8.63. The molecule has 3 aromatic rings. The molecule has 0 bridgehead atoms. The van der Waals surface area contributed by atoms with Crippen molar-refractivity contribution in [2.24, 2.45) is 0 Å². The average molecular weight is 374 g/mol. The number of aromatic nitrogens is 2. The van der Waals surface area contributed by atoms with E-state index in [1.165, 1.54) is 0 Å². The molecule has 1 aliphatic heterocycles. The topological polar surface area (TPSA) is 58.6 Å². The molecular weight excluding hydrogens is 352 g/mol. The first-order chi connectivity index (χ1) is 13.8. The Kier molecular flexibility index (Phi) is 5.58. The standard InChI is InChI=1S/C22H22N4O2/c27-22(20-15-24-21(16-23-20)25-11-13-28-14-12-25)26(19-9-5-2-6-10-19)17-18-7-3-1-4-8-18/h1-10,15-16H,11-14,17H2. The number of carbonyl (C=O) groups excluding carboxylic acids is 1. The molecule has 1 aliphatic rings. The van der Waals surface area contributed by atoms with Gasteiger partial charge >= 0.3 is 0 Å². The van der Waals surface area contributed by atoms with Crippen LogP contribution >= 0.6 is 0 Å². The number of nitrogens with zero attached hydrogens (tertiary/aromatic N) is 4. The van der Waals surface area contributed by atoms with Crippen LogP contribution in [0.25, 0.3) is 0 Å². The van der Waals surface area contributed by atoms with E-state index in [9.17, 15) is 4.79 Å². The molecule has 4 rings (SSSR count). The van der Waals surface area contributed by atoms with Crippen LogP contribution in [0.15, 0.2) is 73.1 Å². The third-order valence-corrected chi connectivity index (χ3v) is 4.69. The molecule has 0 spiro atoms. The Bertz CT molecular complexity index is 895. The van der Waals surface area contributed by atoms with Gasteiger partial charge in [0.05, 0.1) is 32.2 Å². The highest BCUT2D eigenvalue weighted by atomic mass is 16.5. The SMILES string of the molecule is O=C(c1cnc(N2CCOCC2)cn1)N(Cc1ccccc1)c1ccccc1. The predicted octanol–water partition coefficient (Wildman–Crippen LogP) is 3.16. The van der Waals surface area contributed by atoms with Gasteiger partial charge in [-0.3, -0.25) is 4.79 Å². The number of para-hydroxylation sites is 1. The van der Waals surface area contributed by atoms with Crippen molar-refractivity contribution in [2.45, 2.75) is 6.54 Å². The first-order valence-corrected chi connectivity index (χ1v) is 9.37. The van der Waals surface area contributed by atoms with Gasteiger partial charge < -0.3 is 14.5 Å². The normalized spacial score (nSPS) is 13.9. The monoisotopic (exact) mass is 374 g/mol. The lowest BCUT2D eigenvalue weighted by atomic mass is 10.2. The van der Waals surface area contributed by atoms with Gasteiger partial charge in [0.25, 0.3) is 5.91 Å². The molecule has 2 aromatic carbocycles. The number of hydrogen-bond donors (Lipinski definition) is 0. The molecule has 0 saturated carbocycles. The minimum Gasteiger partial charge on any atom is -0.378 e. The average Bonchev–Trinajstić information content (AvgIpc) is 2.79. The van der Waals surface area contributed by atoms with Crippen molar-refractivity contribution >= 4 is 17.4 Å². The number of ether oxygens (including phenoxy) is 1. The van der Waals surface area contributed by atoms with Gasteiger partial charge in [-0.2, -0.15) is 0 Å². The lowest BCUT2D eigenvalue weighted by Gasteiger charge is -2.27. The summed E-state index contributed by atoms with van der Waals surface area (Å²) in [6.45, 7) is 3.40. The molecule has 0 N–H and O–H groups in total. The molecule has 1 amide bonds. The van der Waals surface area contributed by atoms with Crippen LogP contribution in [0.2, 0.25) is 0 Å². The fourth-order valence-electron chi connectivity index (χ4n) is 3.18. The number of hydrogen-bond acceptors (Lipinski definition) is 5. The van der Waals surface area contributed by atoms with Crippen LogP contribution in [0.1, 0.15) is 16.1 Å². The number of amides is 1. The predicted molar refractivity (Wildman–Crippen MR) is 108 cm³/mol. The molecule has 6 nitrogen and oxygen atoms in total. The Morgan fingerprint density at radius 2 is 1.61 bits per heavy atom. The van der Waals surface area contributed by atoms with Crippen molar-refractivity contribution in [3.8, 4) is 0 Å². The molecular formula is C22H22N4O2. The molecule has 1 aromatic heterocycles. The first-order valence-electron chi connectivity index (χ1n) is 9.37. The molecule has 28 heavy (non-hydrogen) atoms. The maximum Gasteiger partial charge on any atom is 0.278 e.